The van der Waals surface area contributed by atoms with E-state index in [-0.39, 0.29) is 18.4 Å². The molecule has 206 valence electrons. The van der Waals surface area contributed by atoms with Gasteiger partial charge in [0.1, 0.15) is 12.3 Å². The molecule has 8 heteroatoms. The normalized spacial score (nSPS) is 14.9. The van der Waals surface area contributed by atoms with Crippen molar-refractivity contribution in [3.05, 3.63) is 77.3 Å². The molecule has 0 saturated heterocycles. The van der Waals surface area contributed by atoms with Gasteiger partial charge in [-0.15, -0.1) is 0 Å². The SMILES string of the molecule is CC(C)COc1ccc(C(=O)N2CCCCCCOc3ccccc3Oc3ccc(Cl)cc3NC(=O)C2)cc1. The number of halogens is 1. The van der Waals surface area contributed by atoms with Crippen LogP contribution >= 0.6 is 11.6 Å². The zero-order valence-corrected chi connectivity index (χ0v) is 23.2. The summed E-state index contributed by atoms with van der Waals surface area (Å²) in [7, 11) is 0. The summed E-state index contributed by atoms with van der Waals surface area (Å²) in [6.45, 7) is 5.68. The lowest BCUT2D eigenvalue weighted by molar-refractivity contribution is -0.116. The number of carbonyl (C=O) groups excluding carboxylic acids is 2. The first kappa shape index (κ1) is 28.3. The van der Waals surface area contributed by atoms with Gasteiger partial charge in [0, 0.05) is 17.1 Å². The Labute approximate surface area is 235 Å². The van der Waals surface area contributed by atoms with Gasteiger partial charge in [0.25, 0.3) is 5.91 Å². The predicted molar refractivity (Wildman–Crippen MR) is 153 cm³/mol. The number of nitrogens with one attached hydrogen (secondary N) is 1. The Morgan fingerprint density at radius 3 is 2.49 bits per heavy atom. The Kier molecular flexibility index (Phi) is 10.1. The van der Waals surface area contributed by atoms with Crippen LogP contribution in [0.5, 0.6) is 23.0 Å². The molecule has 1 aliphatic heterocycles. The van der Waals surface area contributed by atoms with Crippen molar-refractivity contribution in [2.75, 3.05) is 31.6 Å². The largest absolute Gasteiger partial charge is 0.493 e. The van der Waals surface area contributed by atoms with E-state index >= 15 is 0 Å². The zero-order valence-electron chi connectivity index (χ0n) is 22.5. The van der Waals surface area contributed by atoms with Gasteiger partial charge in [-0.05, 0) is 73.4 Å². The number of carbonyl (C=O) groups is 2. The number of hydrogen-bond donors (Lipinski definition) is 1. The molecular formula is C31H35ClN2O5. The van der Waals surface area contributed by atoms with Gasteiger partial charge in [0.05, 0.1) is 18.9 Å². The van der Waals surface area contributed by atoms with Crippen molar-refractivity contribution in [3.63, 3.8) is 0 Å². The average Bonchev–Trinajstić information content (AvgIpc) is 2.92. The van der Waals surface area contributed by atoms with Crippen LogP contribution in [0.15, 0.2) is 66.7 Å². The highest BCUT2D eigenvalue weighted by molar-refractivity contribution is 6.31. The van der Waals surface area contributed by atoms with Gasteiger partial charge in [-0.1, -0.05) is 50.4 Å². The first-order valence-corrected chi connectivity index (χ1v) is 13.8. The lowest BCUT2D eigenvalue weighted by Gasteiger charge is -2.23. The van der Waals surface area contributed by atoms with Crippen LogP contribution in [0.4, 0.5) is 5.69 Å². The summed E-state index contributed by atoms with van der Waals surface area (Å²) in [4.78, 5) is 28.2. The molecule has 3 aromatic carbocycles. The van der Waals surface area contributed by atoms with Crippen LogP contribution < -0.4 is 19.5 Å². The van der Waals surface area contributed by atoms with Gasteiger partial charge >= 0.3 is 0 Å². The number of hydrogen-bond acceptors (Lipinski definition) is 5. The van der Waals surface area contributed by atoms with Crippen molar-refractivity contribution in [2.45, 2.75) is 39.5 Å². The summed E-state index contributed by atoms with van der Waals surface area (Å²) in [5, 5.41) is 3.33. The van der Waals surface area contributed by atoms with E-state index in [2.05, 4.69) is 19.2 Å². The van der Waals surface area contributed by atoms with Crippen LogP contribution in [0, 0.1) is 5.92 Å². The van der Waals surface area contributed by atoms with Crippen molar-refractivity contribution in [1.29, 1.82) is 0 Å². The number of amides is 2. The van der Waals surface area contributed by atoms with Crippen molar-refractivity contribution in [3.8, 4) is 23.0 Å². The molecule has 0 spiro atoms. The molecule has 2 amide bonds. The summed E-state index contributed by atoms with van der Waals surface area (Å²) in [5.41, 5.74) is 0.916. The minimum atomic E-state index is -0.344. The molecule has 4 rings (SSSR count). The molecule has 1 aliphatic rings. The maximum atomic E-state index is 13.4. The van der Waals surface area contributed by atoms with Crippen LogP contribution in [-0.2, 0) is 4.79 Å². The van der Waals surface area contributed by atoms with E-state index in [1.165, 1.54) is 0 Å². The van der Waals surface area contributed by atoms with E-state index in [0.29, 0.717) is 64.9 Å². The molecule has 0 unspecified atom stereocenters. The van der Waals surface area contributed by atoms with E-state index in [1.807, 2.05) is 24.3 Å². The number of para-hydroxylation sites is 2. The molecule has 0 bridgehead atoms. The smallest absolute Gasteiger partial charge is 0.254 e. The van der Waals surface area contributed by atoms with Crippen molar-refractivity contribution in [1.82, 2.24) is 4.90 Å². The molecule has 1 N–H and O–H groups in total. The number of nitrogens with zero attached hydrogens (tertiary/aromatic N) is 1. The van der Waals surface area contributed by atoms with E-state index in [0.717, 1.165) is 25.7 Å². The van der Waals surface area contributed by atoms with Crippen LogP contribution in [0.3, 0.4) is 0 Å². The van der Waals surface area contributed by atoms with Crippen LogP contribution in [0.25, 0.3) is 0 Å². The molecule has 0 aliphatic carbocycles. The highest BCUT2D eigenvalue weighted by Crippen LogP contribution is 2.36. The molecule has 0 aromatic heterocycles. The first-order valence-electron chi connectivity index (χ1n) is 13.4. The minimum absolute atomic E-state index is 0.101. The topological polar surface area (TPSA) is 77.1 Å². The summed E-state index contributed by atoms with van der Waals surface area (Å²) in [6.07, 6.45) is 3.50. The highest BCUT2D eigenvalue weighted by Gasteiger charge is 2.21. The van der Waals surface area contributed by atoms with Crippen molar-refractivity contribution < 1.29 is 23.8 Å². The van der Waals surface area contributed by atoms with Crippen LogP contribution in [0.1, 0.15) is 49.9 Å². The quantitative estimate of drug-likeness (QED) is 0.371. The van der Waals surface area contributed by atoms with Gasteiger partial charge in [-0.3, -0.25) is 9.59 Å². The van der Waals surface area contributed by atoms with Gasteiger partial charge in [0.15, 0.2) is 17.2 Å². The first-order chi connectivity index (χ1) is 18.9. The maximum absolute atomic E-state index is 13.4. The Bertz CT molecular complexity index is 1260. The number of rotatable bonds is 4. The van der Waals surface area contributed by atoms with Crippen molar-refractivity contribution >= 4 is 29.1 Å². The third kappa shape index (κ3) is 8.39. The molecule has 0 fully saturated rings. The Hall–Kier alpha value is -3.71. The van der Waals surface area contributed by atoms with Gasteiger partial charge in [-0.2, -0.15) is 0 Å². The fourth-order valence-corrected chi connectivity index (χ4v) is 4.33. The second kappa shape index (κ2) is 13.9. The third-order valence-electron chi connectivity index (χ3n) is 6.17. The summed E-state index contributed by atoms with van der Waals surface area (Å²) < 4.78 is 17.9. The van der Waals surface area contributed by atoms with E-state index in [1.54, 1.807) is 47.4 Å². The lowest BCUT2D eigenvalue weighted by Crippen LogP contribution is -2.38. The number of benzene rings is 3. The molecule has 0 atom stereocenters. The van der Waals surface area contributed by atoms with Crippen molar-refractivity contribution in [2.24, 2.45) is 5.92 Å². The average molecular weight is 551 g/mol. The van der Waals surface area contributed by atoms with E-state index in [4.69, 9.17) is 25.8 Å². The number of ether oxygens (including phenoxy) is 3. The summed E-state index contributed by atoms with van der Waals surface area (Å²) in [5.74, 6) is 2.16. The van der Waals surface area contributed by atoms with Gasteiger partial charge in [-0.25, -0.2) is 0 Å². The predicted octanol–water partition coefficient (Wildman–Crippen LogP) is 7.20. The van der Waals surface area contributed by atoms with E-state index in [9.17, 15) is 9.59 Å². The fourth-order valence-electron chi connectivity index (χ4n) is 4.16. The Morgan fingerprint density at radius 2 is 1.72 bits per heavy atom. The molecule has 39 heavy (non-hydrogen) atoms. The monoisotopic (exact) mass is 550 g/mol. The standard InChI is InChI=1S/C31H35ClN2O5/c1-22(2)21-38-25-14-11-23(12-15-25)31(36)34-17-7-3-4-8-18-37-28-9-5-6-10-29(28)39-27-16-13-24(32)19-26(27)33-30(35)20-34/h5-6,9-16,19,22H,3-4,7-8,17-18,20-21H2,1-2H3,(H,33,35). The van der Waals surface area contributed by atoms with Gasteiger partial charge in [0.2, 0.25) is 5.91 Å². The molecule has 7 nitrogen and oxygen atoms in total. The second-order valence-corrected chi connectivity index (χ2v) is 10.4. The molecule has 0 radical (unpaired) electrons. The maximum Gasteiger partial charge on any atom is 0.254 e. The number of anilines is 1. The van der Waals surface area contributed by atoms with E-state index < -0.39 is 0 Å². The highest BCUT2D eigenvalue weighted by atomic mass is 35.5. The minimum Gasteiger partial charge on any atom is -0.493 e. The number of fused-ring (bicyclic) bond motifs is 2. The molecule has 1 heterocycles. The van der Waals surface area contributed by atoms with Gasteiger partial charge < -0.3 is 24.4 Å². The fraction of sp³-hybridized carbons (Fsp3) is 0.355. The lowest BCUT2D eigenvalue weighted by atomic mass is 10.1. The molecule has 0 saturated carbocycles. The zero-order chi connectivity index (χ0) is 27.6. The van der Waals surface area contributed by atoms with Crippen LogP contribution in [-0.4, -0.2) is 43.0 Å². The summed E-state index contributed by atoms with van der Waals surface area (Å²) in [6, 6.07) is 19.5. The molecular weight excluding hydrogens is 516 g/mol. The summed E-state index contributed by atoms with van der Waals surface area (Å²) >= 11 is 6.24. The van der Waals surface area contributed by atoms with Crippen LogP contribution in [0.2, 0.25) is 5.02 Å². The second-order valence-electron chi connectivity index (χ2n) is 9.96. The Morgan fingerprint density at radius 1 is 0.974 bits per heavy atom. The molecule has 3 aromatic rings. The third-order valence-corrected chi connectivity index (χ3v) is 6.41. The Balaban J connectivity index is 1.54.